The number of thioether (sulfide) groups is 1. The predicted molar refractivity (Wildman–Crippen MR) is 152 cm³/mol. The molecule has 2 aromatic carbocycles. The van der Waals surface area contributed by atoms with Gasteiger partial charge in [0.15, 0.2) is 0 Å². The Morgan fingerprint density at radius 3 is 2.32 bits per heavy atom. The maximum Gasteiger partial charge on any atom is 0.306 e. The number of nitrogens with zero attached hydrogens (tertiary/aromatic N) is 1. The average molecular weight is 553 g/mol. The van der Waals surface area contributed by atoms with Crippen molar-refractivity contribution in [1.29, 1.82) is 0 Å². The Bertz CT molecular complexity index is 1040. The van der Waals surface area contributed by atoms with Gasteiger partial charge in [0.05, 0.1) is 36.3 Å². The van der Waals surface area contributed by atoms with Crippen molar-refractivity contribution >= 4 is 39.9 Å². The standard InChI is InChI=1S/C27H40N2O6S2/c1-5-7-14-27(15-8-6-2)19-29(20-9-11-21(34-3)12-10-20)22-17-24(36-4)23(35-16-13-26(30)31)18-25(22)37(32,33)28-27/h9-12,17-18,28,32-33H,5-8,13-16,19H2,1-4H3,(H,30,31). The van der Waals surface area contributed by atoms with E-state index in [1.807, 2.05) is 36.6 Å². The SMILES string of the molecule is CCCCC1(CCCC)CN(c2ccc(OC)cc2)c2cc(SC)c(OCCC(=O)O)cc2S(O)(O)N1. The summed E-state index contributed by atoms with van der Waals surface area (Å²) in [5, 5.41) is 9.04. The molecule has 0 bridgehead atoms. The molecule has 0 unspecified atom stereocenters. The van der Waals surface area contributed by atoms with Crippen LogP contribution in [0.1, 0.15) is 58.8 Å². The van der Waals surface area contributed by atoms with Crippen molar-refractivity contribution in [1.82, 2.24) is 4.72 Å². The summed E-state index contributed by atoms with van der Waals surface area (Å²) in [6, 6.07) is 11.4. The maximum absolute atomic E-state index is 11.6. The number of methoxy groups -OCH3 is 1. The fourth-order valence-corrected chi connectivity index (χ4v) is 6.94. The molecular weight excluding hydrogens is 512 g/mol. The van der Waals surface area contributed by atoms with Gasteiger partial charge in [-0.25, -0.2) is 4.72 Å². The number of unbranched alkanes of at least 4 members (excludes halogenated alkanes) is 2. The lowest BCUT2D eigenvalue weighted by atomic mass is 9.87. The van der Waals surface area contributed by atoms with Crippen LogP contribution in [0.2, 0.25) is 0 Å². The Balaban J connectivity index is 2.19. The highest BCUT2D eigenvalue weighted by atomic mass is 32.3. The Kier molecular flexibility index (Phi) is 10.4. The molecule has 4 N–H and O–H groups in total. The van der Waals surface area contributed by atoms with Crippen LogP contribution in [0.25, 0.3) is 0 Å². The van der Waals surface area contributed by atoms with Gasteiger partial charge >= 0.3 is 5.97 Å². The quantitative estimate of drug-likeness (QED) is 0.192. The van der Waals surface area contributed by atoms with E-state index >= 15 is 0 Å². The van der Waals surface area contributed by atoms with Crippen molar-refractivity contribution in [2.75, 3.05) is 31.4 Å². The average Bonchev–Trinajstić information content (AvgIpc) is 2.97. The minimum Gasteiger partial charge on any atom is -0.497 e. The van der Waals surface area contributed by atoms with Crippen LogP contribution in [0.15, 0.2) is 46.2 Å². The highest BCUT2D eigenvalue weighted by Crippen LogP contribution is 2.57. The molecule has 8 nitrogen and oxygen atoms in total. The number of hydrogen-bond donors (Lipinski definition) is 4. The second kappa shape index (κ2) is 13.1. The summed E-state index contributed by atoms with van der Waals surface area (Å²) in [7, 11) is -1.78. The van der Waals surface area contributed by atoms with Crippen LogP contribution in [-0.4, -0.2) is 52.2 Å². The first-order chi connectivity index (χ1) is 17.7. The molecule has 3 rings (SSSR count). The second-order valence-electron chi connectivity index (χ2n) is 9.39. The van der Waals surface area contributed by atoms with Gasteiger partial charge in [0.1, 0.15) is 16.4 Å². The summed E-state index contributed by atoms with van der Waals surface area (Å²) in [5.74, 6) is 0.240. The van der Waals surface area contributed by atoms with Gasteiger partial charge in [0.2, 0.25) is 0 Å². The van der Waals surface area contributed by atoms with E-state index in [2.05, 4.69) is 23.5 Å². The third kappa shape index (κ3) is 7.26. The minimum atomic E-state index is -3.41. The summed E-state index contributed by atoms with van der Waals surface area (Å²) in [6.07, 6.45) is 7.30. The molecule has 2 aromatic rings. The van der Waals surface area contributed by atoms with Gasteiger partial charge in [-0.1, -0.05) is 39.5 Å². The molecule has 1 aliphatic rings. The molecule has 0 spiro atoms. The van der Waals surface area contributed by atoms with E-state index in [0.29, 0.717) is 22.9 Å². The van der Waals surface area contributed by atoms with Crippen molar-refractivity contribution in [3.63, 3.8) is 0 Å². The van der Waals surface area contributed by atoms with Crippen molar-refractivity contribution in [2.45, 2.75) is 74.1 Å². The molecule has 0 saturated heterocycles. The Labute approximate surface area is 226 Å². The van der Waals surface area contributed by atoms with Crippen molar-refractivity contribution in [2.24, 2.45) is 0 Å². The van der Waals surface area contributed by atoms with Crippen molar-refractivity contribution < 1.29 is 28.5 Å². The lowest BCUT2D eigenvalue weighted by Crippen LogP contribution is -2.51. The van der Waals surface area contributed by atoms with Crippen LogP contribution in [0.3, 0.4) is 0 Å². The van der Waals surface area contributed by atoms with E-state index in [4.69, 9.17) is 14.6 Å². The molecular formula is C27H40N2O6S2. The van der Waals surface area contributed by atoms with Crippen LogP contribution < -0.4 is 19.1 Å². The summed E-state index contributed by atoms with van der Waals surface area (Å²) in [5.41, 5.74) is 1.10. The smallest absolute Gasteiger partial charge is 0.306 e. The Hall–Kier alpha value is -2.11. The zero-order valence-corrected chi connectivity index (χ0v) is 23.8. The van der Waals surface area contributed by atoms with Crippen LogP contribution in [-0.2, 0) is 4.79 Å². The van der Waals surface area contributed by atoms with E-state index in [1.54, 1.807) is 13.2 Å². The van der Waals surface area contributed by atoms with E-state index in [0.717, 1.165) is 54.9 Å². The number of carboxylic acid groups (broad SMARTS) is 1. The van der Waals surface area contributed by atoms with Gasteiger partial charge in [-0.15, -0.1) is 22.5 Å². The molecule has 0 aromatic heterocycles. The number of carbonyl (C=O) groups is 1. The molecule has 10 heteroatoms. The van der Waals surface area contributed by atoms with Crippen LogP contribution in [0.4, 0.5) is 11.4 Å². The third-order valence-electron chi connectivity index (χ3n) is 6.64. The van der Waals surface area contributed by atoms with E-state index < -0.39 is 22.3 Å². The van der Waals surface area contributed by atoms with Gasteiger partial charge in [0.25, 0.3) is 0 Å². The first-order valence-corrected chi connectivity index (χ1v) is 15.5. The lowest BCUT2D eigenvalue weighted by Gasteiger charge is -2.43. The van der Waals surface area contributed by atoms with E-state index in [-0.39, 0.29) is 13.0 Å². The maximum atomic E-state index is 11.6. The summed E-state index contributed by atoms with van der Waals surface area (Å²) in [4.78, 5) is 14.3. The van der Waals surface area contributed by atoms with Crippen molar-refractivity contribution in [3.05, 3.63) is 36.4 Å². The molecule has 1 heterocycles. The van der Waals surface area contributed by atoms with Gasteiger partial charge in [-0.3, -0.25) is 13.9 Å². The molecule has 0 fully saturated rings. The number of ether oxygens (including phenoxy) is 2. The first kappa shape index (κ1) is 29.4. The number of carboxylic acids is 1. The number of aliphatic carboxylic acids is 1. The Morgan fingerprint density at radius 1 is 1.14 bits per heavy atom. The zero-order chi connectivity index (χ0) is 27.1. The lowest BCUT2D eigenvalue weighted by molar-refractivity contribution is -0.137. The van der Waals surface area contributed by atoms with E-state index in [1.165, 1.54) is 11.8 Å². The molecule has 0 radical (unpaired) electrons. The monoisotopic (exact) mass is 552 g/mol. The predicted octanol–water partition coefficient (Wildman–Crippen LogP) is 7.16. The number of benzene rings is 2. The summed E-state index contributed by atoms with van der Waals surface area (Å²) in [6.45, 7) is 4.84. The summed E-state index contributed by atoms with van der Waals surface area (Å²) >= 11 is 1.47. The summed E-state index contributed by atoms with van der Waals surface area (Å²) < 4.78 is 37.7. The fraction of sp³-hybridized carbons (Fsp3) is 0.519. The molecule has 1 aliphatic heterocycles. The van der Waals surface area contributed by atoms with Crippen molar-refractivity contribution in [3.8, 4) is 11.5 Å². The molecule has 0 saturated carbocycles. The highest BCUT2D eigenvalue weighted by Gasteiger charge is 2.42. The normalized spacial score (nSPS) is 17.0. The number of nitrogens with one attached hydrogen (secondary N) is 1. The van der Waals surface area contributed by atoms with Crippen LogP contribution >= 0.6 is 22.5 Å². The first-order valence-electron chi connectivity index (χ1n) is 12.7. The number of hydrogen-bond acceptors (Lipinski definition) is 8. The zero-order valence-electron chi connectivity index (χ0n) is 22.2. The van der Waals surface area contributed by atoms with Crippen LogP contribution in [0, 0.1) is 0 Å². The van der Waals surface area contributed by atoms with Crippen LogP contribution in [0.5, 0.6) is 11.5 Å². The number of anilines is 2. The topological polar surface area (TPSA) is 111 Å². The third-order valence-corrected chi connectivity index (χ3v) is 9.05. The molecule has 206 valence electrons. The largest absolute Gasteiger partial charge is 0.497 e. The molecule has 0 amide bonds. The Morgan fingerprint density at radius 2 is 1.78 bits per heavy atom. The second-order valence-corrected chi connectivity index (χ2v) is 12.0. The van der Waals surface area contributed by atoms with Gasteiger partial charge in [0, 0.05) is 18.3 Å². The fourth-order valence-electron chi connectivity index (χ4n) is 4.68. The molecule has 37 heavy (non-hydrogen) atoms. The van der Waals surface area contributed by atoms with Gasteiger partial charge in [-0.2, -0.15) is 0 Å². The van der Waals surface area contributed by atoms with E-state index in [9.17, 15) is 13.9 Å². The molecule has 0 atom stereocenters. The number of rotatable bonds is 13. The molecule has 0 aliphatic carbocycles. The van der Waals surface area contributed by atoms with Gasteiger partial charge < -0.3 is 19.5 Å². The van der Waals surface area contributed by atoms with Gasteiger partial charge in [-0.05, 0) is 49.4 Å². The minimum absolute atomic E-state index is 0.00652. The number of fused-ring (bicyclic) bond motifs is 1. The highest BCUT2D eigenvalue weighted by molar-refractivity contribution is 8.22.